The SMILES string of the molecule is C=NN/C(C)=C\CN=C(N=C(N)c1ccc2c(CN(C)C)c[nH]c2c1)c1cc(C)c[nH]1. The third-order valence-electron chi connectivity index (χ3n) is 4.74. The average molecular weight is 419 g/mol. The van der Waals surface area contributed by atoms with Crippen LogP contribution in [-0.2, 0) is 6.54 Å². The Bertz CT molecular complexity index is 1140. The molecule has 0 unspecified atom stereocenters. The number of aromatic nitrogens is 2. The Morgan fingerprint density at radius 3 is 2.71 bits per heavy atom. The van der Waals surface area contributed by atoms with Crippen molar-refractivity contribution in [1.29, 1.82) is 0 Å². The first-order valence-electron chi connectivity index (χ1n) is 10.0. The van der Waals surface area contributed by atoms with Gasteiger partial charge in [0.15, 0.2) is 5.84 Å². The van der Waals surface area contributed by atoms with E-state index in [4.69, 9.17) is 5.73 Å². The van der Waals surface area contributed by atoms with Crippen LogP contribution in [0, 0.1) is 6.92 Å². The molecule has 162 valence electrons. The maximum Gasteiger partial charge on any atom is 0.173 e. The monoisotopic (exact) mass is 418 g/mol. The fourth-order valence-electron chi connectivity index (χ4n) is 3.25. The second-order valence-electron chi connectivity index (χ2n) is 7.72. The lowest BCUT2D eigenvalue weighted by Crippen LogP contribution is -2.16. The van der Waals surface area contributed by atoms with Crippen LogP contribution in [0.4, 0.5) is 0 Å². The molecule has 0 radical (unpaired) electrons. The third-order valence-corrected chi connectivity index (χ3v) is 4.74. The van der Waals surface area contributed by atoms with E-state index in [1.54, 1.807) is 0 Å². The van der Waals surface area contributed by atoms with Crippen molar-refractivity contribution < 1.29 is 0 Å². The smallest absolute Gasteiger partial charge is 0.173 e. The van der Waals surface area contributed by atoms with Crippen LogP contribution in [0.5, 0.6) is 0 Å². The number of fused-ring (bicyclic) bond motifs is 1. The van der Waals surface area contributed by atoms with Gasteiger partial charge in [0, 0.05) is 47.8 Å². The first-order chi connectivity index (χ1) is 14.9. The molecule has 31 heavy (non-hydrogen) atoms. The molecule has 8 nitrogen and oxygen atoms in total. The predicted octanol–water partition coefficient (Wildman–Crippen LogP) is 3.13. The highest BCUT2D eigenvalue weighted by Crippen LogP contribution is 2.21. The highest BCUT2D eigenvalue weighted by Gasteiger charge is 2.10. The quantitative estimate of drug-likeness (QED) is 0.256. The van der Waals surface area contributed by atoms with Crippen LogP contribution in [-0.4, -0.2) is 53.9 Å². The molecule has 5 N–H and O–H groups in total. The zero-order valence-electron chi connectivity index (χ0n) is 18.5. The van der Waals surface area contributed by atoms with Crippen molar-refractivity contribution in [2.45, 2.75) is 20.4 Å². The molecular weight excluding hydrogens is 388 g/mol. The molecule has 2 aromatic heterocycles. The van der Waals surface area contributed by atoms with Crippen LogP contribution < -0.4 is 11.2 Å². The Balaban J connectivity index is 1.91. The van der Waals surface area contributed by atoms with Gasteiger partial charge in [0.25, 0.3) is 0 Å². The van der Waals surface area contributed by atoms with Gasteiger partial charge in [-0.05, 0) is 57.3 Å². The molecule has 0 atom stereocenters. The minimum Gasteiger partial charge on any atom is -0.383 e. The summed E-state index contributed by atoms with van der Waals surface area (Å²) in [4.78, 5) is 17.9. The first-order valence-corrected chi connectivity index (χ1v) is 10.0. The van der Waals surface area contributed by atoms with Gasteiger partial charge in [0.1, 0.15) is 5.84 Å². The van der Waals surface area contributed by atoms with E-state index in [-0.39, 0.29) is 0 Å². The molecule has 0 saturated heterocycles. The molecule has 0 aliphatic heterocycles. The number of hydrazone groups is 1. The molecule has 1 aromatic carbocycles. The number of allylic oxidation sites excluding steroid dienone is 1. The Morgan fingerprint density at radius 1 is 1.23 bits per heavy atom. The topological polar surface area (TPSA) is 110 Å². The number of benzene rings is 1. The number of aromatic amines is 2. The zero-order chi connectivity index (χ0) is 22.4. The van der Waals surface area contributed by atoms with Gasteiger partial charge in [-0.1, -0.05) is 12.1 Å². The van der Waals surface area contributed by atoms with Crippen LogP contribution in [0.3, 0.4) is 0 Å². The van der Waals surface area contributed by atoms with Gasteiger partial charge in [0.05, 0.1) is 12.2 Å². The number of hydrogen-bond donors (Lipinski definition) is 4. The molecule has 3 rings (SSSR count). The second-order valence-corrected chi connectivity index (χ2v) is 7.72. The van der Waals surface area contributed by atoms with Crippen molar-refractivity contribution in [2.75, 3.05) is 20.6 Å². The van der Waals surface area contributed by atoms with Crippen molar-refractivity contribution in [3.63, 3.8) is 0 Å². The summed E-state index contributed by atoms with van der Waals surface area (Å²) in [5, 5.41) is 4.83. The standard InChI is InChI=1S/C23H30N8/c1-15-10-21(27-12-15)23(26-9-8-16(2)30-25-3)29-22(24)17-6-7-19-18(14-31(4)5)13-28-20(19)11-17/h6-8,10-13,27-28,30H,3,9,14H2,1-2,4-5H3,(H2,24,26,29)/b16-8-. The summed E-state index contributed by atoms with van der Waals surface area (Å²) in [7, 11) is 4.11. The van der Waals surface area contributed by atoms with Gasteiger partial charge in [-0.2, -0.15) is 5.10 Å². The number of nitrogens with two attached hydrogens (primary N) is 1. The zero-order valence-corrected chi connectivity index (χ0v) is 18.5. The molecule has 8 heteroatoms. The van der Waals surface area contributed by atoms with Gasteiger partial charge in [-0.25, -0.2) is 4.99 Å². The summed E-state index contributed by atoms with van der Waals surface area (Å²) < 4.78 is 0. The number of H-pyrrole nitrogens is 2. The average Bonchev–Trinajstić information content (AvgIpc) is 3.33. The number of aliphatic imine (C=N–C) groups is 2. The van der Waals surface area contributed by atoms with E-state index in [2.05, 4.69) is 62.3 Å². The molecule has 0 spiro atoms. The highest BCUT2D eigenvalue weighted by atomic mass is 15.3. The van der Waals surface area contributed by atoms with Gasteiger partial charge in [0.2, 0.25) is 0 Å². The van der Waals surface area contributed by atoms with E-state index >= 15 is 0 Å². The van der Waals surface area contributed by atoms with E-state index in [1.807, 2.05) is 50.5 Å². The minimum atomic E-state index is 0.406. The fraction of sp³-hybridized carbons (Fsp3) is 0.261. The van der Waals surface area contributed by atoms with Crippen LogP contribution in [0.15, 0.2) is 63.5 Å². The molecule has 0 saturated carbocycles. The number of rotatable bonds is 8. The van der Waals surface area contributed by atoms with Crippen molar-refractivity contribution in [1.82, 2.24) is 20.3 Å². The van der Waals surface area contributed by atoms with Crippen molar-refractivity contribution in [2.24, 2.45) is 20.8 Å². The van der Waals surface area contributed by atoms with Crippen molar-refractivity contribution >= 4 is 29.3 Å². The molecular formula is C23H30N8. The third kappa shape index (κ3) is 5.70. The molecule has 3 aromatic rings. The number of hydrogen-bond acceptors (Lipinski definition) is 4. The molecule has 0 fully saturated rings. The second kappa shape index (κ2) is 9.90. The summed E-state index contributed by atoms with van der Waals surface area (Å²) >= 11 is 0. The van der Waals surface area contributed by atoms with Gasteiger partial charge in [-0.15, -0.1) is 0 Å². The van der Waals surface area contributed by atoms with Gasteiger partial charge < -0.3 is 20.6 Å². The maximum atomic E-state index is 6.38. The Hall–Kier alpha value is -3.65. The van der Waals surface area contributed by atoms with E-state index in [0.717, 1.165) is 34.6 Å². The van der Waals surface area contributed by atoms with Crippen LogP contribution in [0.2, 0.25) is 0 Å². The van der Waals surface area contributed by atoms with Crippen LogP contribution in [0.1, 0.15) is 29.3 Å². The Morgan fingerprint density at radius 2 is 2.03 bits per heavy atom. The number of aryl methyl sites for hydroxylation is 1. The van der Waals surface area contributed by atoms with E-state index in [1.165, 1.54) is 10.9 Å². The summed E-state index contributed by atoms with van der Waals surface area (Å²) in [6.07, 6.45) is 5.86. The summed E-state index contributed by atoms with van der Waals surface area (Å²) in [5.41, 5.74) is 15.1. The molecule has 0 aliphatic rings. The predicted molar refractivity (Wildman–Crippen MR) is 130 cm³/mol. The largest absolute Gasteiger partial charge is 0.383 e. The summed E-state index contributed by atoms with van der Waals surface area (Å²) in [6.45, 7) is 8.63. The lowest BCUT2D eigenvalue weighted by molar-refractivity contribution is 0.404. The Labute approximate surface area is 182 Å². The van der Waals surface area contributed by atoms with Crippen LogP contribution >= 0.6 is 0 Å². The van der Waals surface area contributed by atoms with Crippen molar-refractivity contribution in [3.8, 4) is 0 Å². The molecule has 2 heterocycles. The first kappa shape index (κ1) is 22.0. The number of nitrogens with zero attached hydrogens (tertiary/aromatic N) is 4. The molecule has 0 bridgehead atoms. The lowest BCUT2D eigenvalue weighted by Gasteiger charge is -2.08. The number of nitrogens with one attached hydrogen (secondary N) is 3. The van der Waals surface area contributed by atoms with Crippen molar-refractivity contribution in [3.05, 3.63) is 70.8 Å². The molecule has 0 aliphatic carbocycles. The van der Waals surface area contributed by atoms with Gasteiger partial charge >= 0.3 is 0 Å². The van der Waals surface area contributed by atoms with E-state index in [0.29, 0.717) is 18.2 Å². The lowest BCUT2D eigenvalue weighted by atomic mass is 10.1. The van der Waals surface area contributed by atoms with E-state index in [9.17, 15) is 0 Å². The highest BCUT2D eigenvalue weighted by molar-refractivity contribution is 6.11. The summed E-state index contributed by atoms with van der Waals surface area (Å²) in [6, 6.07) is 8.10. The molecule has 0 amide bonds. The van der Waals surface area contributed by atoms with Gasteiger partial charge in [-0.3, -0.25) is 10.4 Å². The normalized spacial score (nSPS) is 13.3. The fourth-order valence-corrected chi connectivity index (χ4v) is 3.25. The summed E-state index contributed by atoms with van der Waals surface area (Å²) in [5.74, 6) is 0.948. The van der Waals surface area contributed by atoms with Crippen LogP contribution in [0.25, 0.3) is 10.9 Å². The Kier molecular flexibility index (Phi) is 7.04. The number of amidine groups is 2. The minimum absolute atomic E-state index is 0.406. The van der Waals surface area contributed by atoms with E-state index < -0.39 is 0 Å². The maximum absolute atomic E-state index is 6.38.